The van der Waals surface area contributed by atoms with E-state index >= 15 is 0 Å². The van der Waals surface area contributed by atoms with Crippen LogP contribution in [0.15, 0.2) is 103 Å². The van der Waals surface area contributed by atoms with Crippen LogP contribution in [-0.4, -0.2) is 48.5 Å². The van der Waals surface area contributed by atoms with Gasteiger partial charge in [-0.25, -0.2) is 10.8 Å². The number of benzene rings is 3. The zero-order valence-corrected chi connectivity index (χ0v) is 30.0. The van der Waals surface area contributed by atoms with Crippen LogP contribution in [-0.2, 0) is 0 Å². The molecule has 0 aromatic heterocycles. The maximum atomic E-state index is 13.3. The first-order chi connectivity index (χ1) is 21.9. The molecule has 0 radical (unpaired) electrons. The van der Waals surface area contributed by atoms with E-state index in [2.05, 4.69) is 77.9 Å². The second kappa shape index (κ2) is 16.0. The standard InChI is InChI=1S/C39H42FN5.K/c1-3-28(4-2)29-7-13-34(14-8-29)44-24-19-35(20-25-44)43-22-17-31(18-23-43)30-9-15-36(16-10-30)45-26-21-37(41)39(45)27-38(42)32-5-11-33(40)12-6-32;/h5-16,21,26-28,31,35,41-42H,1-3,17-20,22-25H2;/q-2;+1/b39-27+,41-37?,42-38?;. The molecule has 1 unspecified atom stereocenters. The third-order valence-electron chi connectivity index (χ3n) is 9.71. The molecule has 0 amide bonds. The third-order valence-corrected chi connectivity index (χ3v) is 9.71. The number of piperidine rings is 2. The molecular formula is C39H42FKN5-. The summed E-state index contributed by atoms with van der Waals surface area (Å²) in [6, 6.07) is 24.2. The minimum atomic E-state index is -0.327. The van der Waals surface area contributed by atoms with Crippen LogP contribution in [0.1, 0.15) is 60.6 Å². The van der Waals surface area contributed by atoms with Gasteiger partial charge < -0.3 is 33.1 Å². The SMILES string of the molecule is C=[C-]C(C[CH2-])c1ccc(N2CCC(N3CCC(c4ccc(N5C=CC(=N)/C5=C\C(=N)c5ccc(F)cc5)cc4)CC3)CC2)cc1.[K+]. The van der Waals surface area contributed by atoms with Crippen molar-refractivity contribution in [2.75, 3.05) is 36.0 Å². The molecule has 3 aliphatic heterocycles. The van der Waals surface area contributed by atoms with E-state index in [0.29, 0.717) is 28.9 Å². The number of likely N-dealkylation sites (tertiary alicyclic amines) is 1. The fourth-order valence-electron chi connectivity index (χ4n) is 6.96. The predicted octanol–water partition coefficient (Wildman–Crippen LogP) is 5.28. The minimum Gasteiger partial charge on any atom is -0.499 e. The van der Waals surface area contributed by atoms with Gasteiger partial charge in [0, 0.05) is 36.7 Å². The normalized spacial score (nSPS) is 19.3. The molecule has 5 nitrogen and oxygen atoms in total. The molecule has 2 N–H and O–H groups in total. The number of halogens is 1. The average Bonchev–Trinajstić information content (AvgIpc) is 3.45. The van der Waals surface area contributed by atoms with Crippen LogP contribution in [0.25, 0.3) is 0 Å². The zero-order valence-electron chi connectivity index (χ0n) is 26.9. The molecule has 46 heavy (non-hydrogen) atoms. The zero-order chi connectivity index (χ0) is 31.3. The largest absolute Gasteiger partial charge is 1.00 e. The van der Waals surface area contributed by atoms with Crippen molar-refractivity contribution in [1.82, 2.24) is 4.90 Å². The number of hydrogen-bond donors (Lipinski definition) is 2. The summed E-state index contributed by atoms with van der Waals surface area (Å²) in [6.45, 7) is 12.3. The maximum Gasteiger partial charge on any atom is 1.00 e. The Morgan fingerprint density at radius 2 is 1.54 bits per heavy atom. The Morgan fingerprint density at radius 3 is 2.15 bits per heavy atom. The van der Waals surface area contributed by atoms with Crippen molar-refractivity contribution in [3.8, 4) is 0 Å². The molecule has 3 aromatic carbocycles. The molecule has 0 bridgehead atoms. The van der Waals surface area contributed by atoms with Gasteiger partial charge in [-0.1, -0.05) is 29.8 Å². The first kappa shape index (κ1) is 34.7. The van der Waals surface area contributed by atoms with E-state index in [0.717, 1.165) is 38.3 Å². The molecule has 2 saturated heterocycles. The number of hydrogen-bond acceptors (Lipinski definition) is 5. The van der Waals surface area contributed by atoms with Crippen molar-refractivity contribution in [3.63, 3.8) is 0 Å². The Hall–Kier alpha value is -2.65. The van der Waals surface area contributed by atoms with Gasteiger partial charge in [-0.05, 0) is 117 Å². The van der Waals surface area contributed by atoms with E-state index in [4.69, 9.17) is 10.8 Å². The van der Waals surface area contributed by atoms with Gasteiger partial charge in [-0.2, -0.15) is 5.92 Å². The van der Waals surface area contributed by atoms with E-state index in [1.807, 2.05) is 11.1 Å². The van der Waals surface area contributed by atoms with Crippen molar-refractivity contribution < 1.29 is 55.8 Å². The van der Waals surface area contributed by atoms with Gasteiger partial charge in [-0.3, -0.25) is 12.0 Å². The quantitative estimate of drug-likeness (QED) is 0.191. The molecule has 1 atom stereocenters. The molecule has 3 heterocycles. The molecule has 3 aromatic rings. The molecule has 6 rings (SSSR count). The fraction of sp³-hybridized carbons (Fsp3) is 0.308. The van der Waals surface area contributed by atoms with Crippen LogP contribution in [0.3, 0.4) is 0 Å². The van der Waals surface area contributed by atoms with Crippen molar-refractivity contribution in [2.24, 2.45) is 0 Å². The summed E-state index contributed by atoms with van der Waals surface area (Å²) < 4.78 is 13.3. The topological polar surface area (TPSA) is 57.4 Å². The van der Waals surface area contributed by atoms with Gasteiger partial charge in [0.05, 0.1) is 17.1 Å². The van der Waals surface area contributed by atoms with Gasteiger partial charge in [0.1, 0.15) is 5.82 Å². The smallest absolute Gasteiger partial charge is 0.499 e. The Morgan fingerprint density at radius 1 is 0.913 bits per heavy atom. The molecule has 0 aliphatic carbocycles. The van der Waals surface area contributed by atoms with Crippen molar-refractivity contribution in [1.29, 1.82) is 10.8 Å². The monoisotopic (exact) mass is 638 g/mol. The summed E-state index contributed by atoms with van der Waals surface area (Å²) in [6.07, 6.45) is 13.9. The van der Waals surface area contributed by atoms with E-state index in [-0.39, 0.29) is 68.8 Å². The summed E-state index contributed by atoms with van der Waals surface area (Å²) in [5.41, 5.74) is 6.75. The predicted molar refractivity (Wildman–Crippen MR) is 184 cm³/mol. The second-order valence-corrected chi connectivity index (χ2v) is 12.3. The van der Waals surface area contributed by atoms with Crippen LogP contribution >= 0.6 is 0 Å². The molecule has 7 heteroatoms. The molecule has 0 spiro atoms. The maximum absolute atomic E-state index is 13.3. The van der Waals surface area contributed by atoms with E-state index in [9.17, 15) is 4.39 Å². The number of rotatable bonds is 9. The second-order valence-electron chi connectivity index (χ2n) is 12.3. The van der Waals surface area contributed by atoms with E-state index in [1.54, 1.807) is 24.3 Å². The molecule has 0 saturated carbocycles. The van der Waals surface area contributed by atoms with Gasteiger partial charge in [0.15, 0.2) is 0 Å². The van der Waals surface area contributed by atoms with Crippen LogP contribution in [0.2, 0.25) is 0 Å². The Labute approximate surface area is 316 Å². The van der Waals surface area contributed by atoms with Crippen molar-refractivity contribution >= 4 is 22.8 Å². The summed E-state index contributed by atoms with van der Waals surface area (Å²) in [4.78, 5) is 7.19. The van der Waals surface area contributed by atoms with Gasteiger partial charge >= 0.3 is 51.4 Å². The summed E-state index contributed by atoms with van der Waals surface area (Å²) >= 11 is 0. The number of nitrogens with one attached hydrogen (secondary N) is 2. The first-order valence-electron chi connectivity index (χ1n) is 16.1. The van der Waals surface area contributed by atoms with Gasteiger partial charge in [0.2, 0.25) is 0 Å². The minimum absolute atomic E-state index is 0. The van der Waals surface area contributed by atoms with Crippen LogP contribution in [0.4, 0.5) is 15.8 Å². The van der Waals surface area contributed by atoms with E-state index in [1.165, 1.54) is 54.6 Å². The molecular weight excluding hydrogens is 597 g/mol. The first-order valence-corrected chi connectivity index (χ1v) is 16.1. The van der Waals surface area contributed by atoms with Crippen molar-refractivity contribution in [3.05, 3.63) is 139 Å². The van der Waals surface area contributed by atoms with Crippen LogP contribution in [0.5, 0.6) is 0 Å². The van der Waals surface area contributed by atoms with E-state index < -0.39 is 0 Å². The number of nitrogens with zero attached hydrogens (tertiary/aromatic N) is 3. The summed E-state index contributed by atoms with van der Waals surface area (Å²) in [5, 5.41) is 16.9. The average molecular weight is 639 g/mol. The fourth-order valence-corrected chi connectivity index (χ4v) is 6.96. The Balaban J connectivity index is 0.00000417. The third kappa shape index (κ3) is 7.89. The van der Waals surface area contributed by atoms with Crippen LogP contribution < -0.4 is 61.2 Å². The number of anilines is 2. The van der Waals surface area contributed by atoms with Crippen molar-refractivity contribution in [2.45, 2.75) is 50.0 Å². The summed E-state index contributed by atoms with van der Waals surface area (Å²) in [5.74, 6) is 0.431. The Kier molecular flexibility index (Phi) is 12.0. The summed E-state index contributed by atoms with van der Waals surface area (Å²) in [7, 11) is 0. The molecule has 232 valence electrons. The molecule has 2 fully saturated rings. The van der Waals surface area contributed by atoms with Crippen LogP contribution in [0, 0.1) is 29.6 Å². The number of allylic oxidation sites excluding steroid dienone is 3. The van der Waals surface area contributed by atoms with Gasteiger partial charge in [0.25, 0.3) is 0 Å². The van der Waals surface area contributed by atoms with Gasteiger partial charge in [-0.15, -0.1) is 0 Å². The molecule has 3 aliphatic rings. The Bertz CT molecular complexity index is 1560.